The van der Waals surface area contributed by atoms with Crippen LogP contribution in [0.25, 0.3) is 0 Å². The van der Waals surface area contributed by atoms with Crippen LogP contribution in [0.5, 0.6) is 0 Å². The maximum Gasteiger partial charge on any atom is 0.407 e. The number of likely N-dealkylation sites (N-methyl/N-ethyl adjacent to an activating group) is 1. The molecule has 0 saturated carbocycles. The molecule has 3 amide bonds. The van der Waals surface area contributed by atoms with E-state index in [1.807, 2.05) is 0 Å². The second-order valence-electron chi connectivity index (χ2n) is 5.68. The fourth-order valence-corrected chi connectivity index (χ4v) is 2.46. The molecule has 1 saturated heterocycles. The first-order valence-electron chi connectivity index (χ1n) is 7.20. The van der Waals surface area contributed by atoms with Gasteiger partial charge in [-0.3, -0.25) is 9.59 Å². The van der Waals surface area contributed by atoms with Crippen molar-refractivity contribution in [1.29, 1.82) is 0 Å². The van der Waals surface area contributed by atoms with Gasteiger partial charge in [-0.2, -0.15) is 0 Å². The molecule has 2 atom stereocenters. The Labute approximate surface area is 130 Å². The van der Waals surface area contributed by atoms with E-state index in [0.717, 1.165) is 6.42 Å². The van der Waals surface area contributed by atoms with Gasteiger partial charge in [0.1, 0.15) is 12.1 Å². The summed E-state index contributed by atoms with van der Waals surface area (Å²) in [7, 11) is 4.21. The number of nitrogens with one attached hydrogen (secondary N) is 2. The lowest BCUT2D eigenvalue weighted by Gasteiger charge is -2.36. The van der Waals surface area contributed by atoms with Crippen LogP contribution in [0, 0.1) is 0 Å². The third-order valence-corrected chi connectivity index (χ3v) is 4.00. The van der Waals surface area contributed by atoms with Crippen LogP contribution < -0.4 is 10.6 Å². The Bertz CT molecular complexity index is 438. The Hall–Kier alpha value is -1.83. The summed E-state index contributed by atoms with van der Waals surface area (Å²) in [5.74, 6) is -0.568. The molecule has 1 unspecified atom stereocenters. The molecule has 8 heteroatoms. The summed E-state index contributed by atoms with van der Waals surface area (Å²) in [6.45, 7) is 3.85. The number of methoxy groups -OCH3 is 2. The molecule has 0 aliphatic carbocycles. The molecule has 0 radical (unpaired) electrons. The third kappa shape index (κ3) is 3.88. The fraction of sp³-hybridized carbons (Fsp3) is 0.786. The third-order valence-electron chi connectivity index (χ3n) is 4.00. The molecule has 1 fully saturated rings. The SMILES string of the molecule is CNC(=O)C1CCCN1C(=O)[C@@H](NC(=O)OC)C(C)(C)OC. The van der Waals surface area contributed by atoms with Crippen molar-refractivity contribution in [2.75, 3.05) is 27.8 Å². The maximum atomic E-state index is 12.8. The maximum absolute atomic E-state index is 12.8. The van der Waals surface area contributed by atoms with Gasteiger partial charge in [0.2, 0.25) is 11.8 Å². The predicted octanol–water partition coefficient (Wildman–Crippen LogP) is -0.127. The van der Waals surface area contributed by atoms with Gasteiger partial charge in [-0.25, -0.2) is 4.79 Å². The summed E-state index contributed by atoms with van der Waals surface area (Å²) in [5, 5.41) is 5.06. The van der Waals surface area contributed by atoms with Crippen molar-refractivity contribution >= 4 is 17.9 Å². The van der Waals surface area contributed by atoms with Gasteiger partial charge in [-0.15, -0.1) is 0 Å². The first-order chi connectivity index (χ1) is 10.3. The zero-order chi connectivity index (χ0) is 16.9. The normalized spacial score (nSPS) is 19.5. The molecule has 0 bridgehead atoms. The van der Waals surface area contributed by atoms with Gasteiger partial charge in [0.05, 0.1) is 12.7 Å². The molecular weight excluding hydrogens is 290 g/mol. The number of likely N-dealkylation sites (tertiary alicyclic amines) is 1. The van der Waals surface area contributed by atoms with Gasteiger partial charge in [-0.05, 0) is 26.7 Å². The molecule has 126 valence electrons. The number of ether oxygens (including phenoxy) is 2. The Kier molecular flexibility index (Phi) is 6.16. The summed E-state index contributed by atoms with van der Waals surface area (Å²) < 4.78 is 9.90. The molecule has 1 heterocycles. The quantitative estimate of drug-likeness (QED) is 0.737. The van der Waals surface area contributed by atoms with Gasteiger partial charge < -0.3 is 25.0 Å². The fourth-order valence-electron chi connectivity index (χ4n) is 2.46. The van der Waals surface area contributed by atoms with Crippen molar-refractivity contribution in [2.24, 2.45) is 0 Å². The van der Waals surface area contributed by atoms with E-state index in [0.29, 0.717) is 13.0 Å². The minimum absolute atomic E-state index is 0.210. The smallest absolute Gasteiger partial charge is 0.407 e. The van der Waals surface area contributed by atoms with E-state index in [1.54, 1.807) is 13.8 Å². The second-order valence-corrected chi connectivity index (χ2v) is 5.68. The van der Waals surface area contributed by atoms with Gasteiger partial charge in [0.15, 0.2) is 0 Å². The molecule has 1 aliphatic heterocycles. The largest absolute Gasteiger partial charge is 0.453 e. The minimum Gasteiger partial charge on any atom is -0.453 e. The van der Waals surface area contributed by atoms with Crippen LogP contribution in [-0.2, 0) is 19.1 Å². The number of alkyl carbamates (subject to hydrolysis) is 1. The van der Waals surface area contributed by atoms with E-state index in [4.69, 9.17) is 4.74 Å². The summed E-state index contributed by atoms with van der Waals surface area (Å²) >= 11 is 0. The predicted molar refractivity (Wildman–Crippen MR) is 79.2 cm³/mol. The van der Waals surface area contributed by atoms with E-state index in [9.17, 15) is 14.4 Å². The molecule has 0 spiro atoms. The molecule has 0 aromatic heterocycles. The highest BCUT2D eigenvalue weighted by atomic mass is 16.5. The van der Waals surface area contributed by atoms with Crippen LogP contribution in [0.3, 0.4) is 0 Å². The van der Waals surface area contributed by atoms with E-state index >= 15 is 0 Å². The number of carbonyl (C=O) groups is 3. The van der Waals surface area contributed by atoms with E-state index in [1.165, 1.54) is 26.2 Å². The number of nitrogens with zero attached hydrogens (tertiary/aromatic N) is 1. The van der Waals surface area contributed by atoms with Crippen molar-refractivity contribution in [3.63, 3.8) is 0 Å². The van der Waals surface area contributed by atoms with E-state index in [-0.39, 0.29) is 11.8 Å². The first kappa shape index (κ1) is 18.2. The van der Waals surface area contributed by atoms with Crippen LogP contribution in [-0.4, -0.2) is 68.3 Å². The van der Waals surface area contributed by atoms with Gasteiger partial charge in [-0.1, -0.05) is 0 Å². The van der Waals surface area contributed by atoms with Crippen molar-refractivity contribution in [1.82, 2.24) is 15.5 Å². The molecule has 8 nitrogen and oxygen atoms in total. The van der Waals surface area contributed by atoms with Gasteiger partial charge >= 0.3 is 6.09 Å². The highest BCUT2D eigenvalue weighted by Crippen LogP contribution is 2.23. The van der Waals surface area contributed by atoms with E-state index < -0.39 is 23.8 Å². The molecular formula is C14H25N3O5. The monoisotopic (exact) mass is 315 g/mol. The average Bonchev–Trinajstić information content (AvgIpc) is 3.00. The van der Waals surface area contributed by atoms with Crippen molar-refractivity contribution in [3.8, 4) is 0 Å². The van der Waals surface area contributed by atoms with Crippen LogP contribution in [0.1, 0.15) is 26.7 Å². The second kappa shape index (κ2) is 7.44. The molecule has 0 aromatic rings. The molecule has 1 aliphatic rings. The van der Waals surface area contributed by atoms with Gasteiger partial charge in [0.25, 0.3) is 0 Å². The number of hydrogen-bond acceptors (Lipinski definition) is 5. The summed E-state index contributed by atoms with van der Waals surface area (Å²) in [6.07, 6.45) is 0.616. The zero-order valence-electron chi connectivity index (χ0n) is 13.8. The van der Waals surface area contributed by atoms with Crippen LogP contribution in [0.2, 0.25) is 0 Å². The van der Waals surface area contributed by atoms with Gasteiger partial charge in [0, 0.05) is 20.7 Å². The number of rotatable bonds is 5. The Morgan fingerprint density at radius 2 is 1.91 bits per heavy atom. The lowest BCUT2D eigenvalue weighted by Crippen LogP contribution is -2.61. The highest BCUT2D eigenvalue weighted by Gasteiger charge is 2.43. The summed E-state index contributed by atoms with van der Waals surface area (Å²) in [5.41, 5.74) is -0.943. The summed E-state index contributed by atoms with van der Waals surface area (Å²) in [6, 6.07) is -1.47. The number of hydrogen-bond donors (Lipinski definition) is 2. The van der Waals surface area contributed by atoms with Crippen molar-refractivity contribution in [3.05, 3.63) is 0 Å². The minimum atomic E-state index is -0.949. The highest BCUT2D eigenvalue weighted by molar-refractivity contribution is 5.92. The topological polar surface area (TPSA) is 97.0 Å². The summed E-state index contributed by atoms with van der Waals surface area (Å²) in [4.78, 5) is 37.8. The average molecular weight is 315 g/mol. The lowest BCUT2D eigenvalue weighted by atomic mass is 9.96. The number of carbonyl (C=O) groups excluding carboxylic acids is 3. The Balaban J connectivity index is 3.00. The van der Waals surface area contributed by atoms with Crippen LogP contribution in [0.4, 0.5) is 4.79 Å². The Morgan fingerprint density at radius 3 is 2.41 bits per heavy atom. The standard InChI is InChI=1S/C14H25N3O5/c1-14(2,22-5)10(16-13(20)21-4)12(19)17-8-6-7-9(17)11(18)15-3/h9-10H,6-8H2,1-5H3,(H,15,18)(H,16,20)/t9?,10-/m1/s1. The number of amides is 3. The van der Waals surface area contributed by atoms with Crippen molar-refractivity contribution < 1.29 is 23.9 Å². The zero-order valence-corrected chi connectivity index (χ0v) is 13.8. The van der Waals surface area contributed by atoms with Crippen molar-refractivity contribution in [2.45, 2.75) is 44.4 Å². The Morgan fingerprint density at radius 1 is 1.27 bits per heavy atom. The molecule has 2 N–H and O–H groups in total. The molecule has 0 aromatic carbocycles. The van der Waals surface area contributed by atoms with E-state index in [2.05, 4.69) is 15.4 Å². The first-order valence-corrected chi connectivity index (χ1v) is 7.20. The van der Waals surface area contributed by atoms with Crippen LogP contribution >= 0.6 is 0 Å². The molecule has 1 rings (SSSR count). The molecule has 22 heavy (non-hydrogen) atoms. The lowest BCUT2D eigenvalue weighted by molar-refractivity contribution is -0.145. The van der Waals surface area contributed by atoms with Crippen LogP contribution in [0.15, 0.2) is 0 Å².